The number of benzene rings is 3. The number of fused-ring (bicyclic) bond motifs is 1. The zero-order chi connectivity index (χ0) is 28.9. The van der Waals surface area contributed by atoms with E-state index in [0.717, 1.165) is 16.7 Å². The molecule has 9 nitrogen and oxygen atoms in total. The van der Waals surface area contributed by atoms with Crippen molar-refractivity contribution in [1.29, 1.82) is 0 Å². The van der Waals surface area contributed by atoms with Gasteiger partial charge in [-0.1, -0.05) is 42.5 Å². The molecule has 0 radical (unpaired) electrons. The van der Waals surface area contributed by atoms with Crippen LogP contribution in [0.1, 0.15) is 31.4 Å². The van der Waals surface area contributed by atoms with Crippen LogP contribution >= 0.6 is 0 Å². The lowest BCUT2D eigenvalue weighted by Crippen LogP contribution is -2.56. The van der Waals surface area contributed by atoms with E-state index in [2.05, 4.69) is 16.0 Å². The third-order valence-electron chi connectivity index (χ3n) is 6.67. The number of rotatable bonds is 8. The highest BCUT2D eigenvalue weighted by Crippen LogP contribution is 2.31. The minimum atomic E-state index is -1.16. The van der Waals surface area contributed by atoms with Crippen molar-refractivity contribution in [1.82, 2.24) is 10.6 Å². The smallest absolute Gasteiger partial charge is 0.319 e. The fourth-order valence-electron chi connectivity index (χ4n) is 4.54. The summed E-state index contributed by atoms with van der Waals surface area (Å²) in [5.74, 6) is -1.13. The number of aliphatic hydroxyl groups excluding tert-OH is 1. The van der Waals surface area contributed by atoms with Crippen molar-refractivity contribution >= 4 is 29.2 Å². The van der Waals surface area contributed by atoms with E-state index in [9.17, 15) is 18.8 Å². The number of nitrogens with zero attached hydrogens (tertiary/aromatic N) is 1. The molecule has 1 aliphatic rings. The fourth-order valence-corrected chi connectivity index (χ4v) is 4.54. The van der Waals surface area contributed by atoms with Crippen LogP contribution < -0.4 is 26.6 Å². The molecule has 6 N–H and O–H groups in total. The van der Waals surface area contributed by atoms with Gasteiger partial charge in [-0.25, -0.2) is 9.18 Å². The average molecular weight is 548 g/mol. The first-order valence-corrected chi connectivity index (χ1v) is 13.1. The molecule has 3 aromatic carbocycles. The summed E-state index contributed by atoms with van der Waals surface area (Å²) in [7, 11) is 0. The van der Waals surface area contributed by atoms with E-state index in [1.165, 1.54) is 12.1 Å². The van der Waals surface area contributed by atoms with Crippen LogP contribution in [0, 0.1) is 5.82 Å². The molecule has 0 spiro atoms. The molecule has 210 valence electrons. The van der Waals surface area contributed by atoms with Crippen molar-refractivity contribution in [3.05, 3.63) is 83.7 Å². The van der Waals surface area contributed by atoms with Gasteiger partial charge in [0.25, 0.3) is 0 Å². The fraction of sp³-hybridized carbons (Fsp3) is 0.300. The molecule has 1 aliphatic heterocycles. The Labute approximate surface area is 232 Å². The maximum Gasteiger partial charge on any atom is 0.319 e. The Bertz CT molecular complexity index is 1390. The van der Waals surface area contributed by atoms with E-state index >= 15 is 0 Å². The highest BCUT2D eigenvalue weighted by molar-refractivity contribution is 6.01. The lowest BCUT2D eigenvalue weighted by atomic mass is 10.0. The van der Waals surface area contributed by atoms with Gasteiger partial charge in [0.2, 0.25) is 11.8 Å². The van der Waals surface area contributed by atoms with Gasteiger partial charge in [-0.2, -0.15) is 0 Å². The summed E-state index contributed by atoms with van der Waals surface area (Å²) >= 11 is 0. The van der Waals surface area contributed by atoms with Crippen LogP contribution in [0.2, 0.25) is 0 Å². The summed E-state index contributed by atoms with van der Waals surface area (Å²) in [4.78, 5) is 40.0. The number of anilines is 2. The van der Waals surface area contributed by atoms with E-state index in [4.69, 9.17) is 10.8 Å². The summed E-state index contributed by atoms with van der Waals surface area (Å²) in [5.41, 5.74) is 9.15. The number of nitrogens with two attached hydrogens (primary N) is 1. The first-order chi connectivity index (χ1) is 19.1. The minimum absolute atomic E-state index is 0.141. The molecule has 0 unspecified atom stereocenters. The molecule has 0 bridgehead atoms. The average Bonchev–Trinajstić information content (AvgIpc) is 3.04. The largest absolute Gasteiger partial charge is 0.395 e. The topological polar surface area (TPSA) is 137 Å². The number of hydrogen-bond acceptors (Lipinski definition) is 5. The van der Waals surface area contributed by atoms with E-state index < -0.39 is 29.3 Å². The normalized spacial score (nSPS) is 15.2. The summed E-state index contributed by atoms with van der Waals surface area (Å²) in [6.45, 7) is 3.33. The lowest BCUT2D eigenvalue weighted by Gasteiger charge is -2.28. The number of aryl methyl sites for hydroxylation is 1. The predicted molar refractivity (Wildman–Crippen MR) is 152 cm³/mol. The standard InChI is InChI=1S/C30H34FN5O4/c1-30(2,32)28(39)34-25-13-11-21-17-22(31)12-14-26(21)36(27(25)38)18-19-7-9-20(10-8-19)23-5-3-4-6-24(23)35-29(40)33-15-16-37/h3-10,12,14,17,25,37H,11,13,15-16,18,32H2,1-2H3,(H,34,39)(H2,33,35,40)/t25-/m1/s1. The van der Waals surface area contributed by atoms with Crippen molar-refractivity contribution in [2.45, 2.75) is 44.8 Å². The summed E-state index contributed by atoms with van der Waals surface area (Å²) in [6.07, 6.45) is 0.738. The highest BCUT2D eigenvalue weighted by Gasteiger charge is 2.34. The maximum atomic E-state index is 14.1. The summed E-state index contributed by atoms with van der Waals surface area (Å²) < 4.78 is 14.1. The van der Waals surface area contributed by atoms with Gasteiger partial charge in [-0.3, -0.25) is 9.59 Å². The molecule has 0 aliphatic carbocycles. The Morgan fingerprint density at radius 3 is 2.52 bits per heavy atom. The minimum Gasteiger partial charge on any atom is -0.395 e. The molecular formula is C30H34FN5O4. The Morgan fingerprint density at radius 2 is 1.82 bits per heavy atom. The second-order valence-electron chi connectivity index (χ2n) is 10.3. The van der Waals surface area contributed by atoms with E-state index in [1.807, 2.05) is 42.5 Å². The number of aliphatic hydroxyl groups is 1. The molecule has 4 amide bonds. The Kier molecular flexibility index (Phi) is 8.81. The molecule has 0 saturated heterocycles. The van der Waals surface area contributed by atoms with Crippen LogP contribution in [0.5, 0.6) is 0 Å². The molecule has 0 aromatic heterocycles. The Hall–Kier alpha value is -4.28. The number of hydrogen-bond donors (Lipinski definition) is 5. The molecule has 1 heterocycles. The zero-order valence-corrected chi connectivity index (χ0v) is 22.5. The van der Waals surface area contributed by atoms with Crippen molar-refractivity contribution < 1.29 is 23.9 Å². The van der Waals surface area contributed by atoms with Gasteiger partial charge in [-0.15, -0.1) is 0 Å². The monoisotopic (exact) mass is 547 g/mol. The number of amides is 4. The molecule has 1 atom stereocenters. The zero-order valence-electron chi connectivity index (χ0n) is 22.5. The molecule has 10 heteroatoms. The van der Waals surface area contributed by atoms with E-state index in [-0.39, 0.29) is 25.6 Å². The van der Waals surface area contributed by atoms with Crippen LogP contribution in [-0.4, -0.2) is 47.7 Å². The molecule has 4 rings (SSSR count). The molecule has 40 heavy (non-hydrogen) atoms. The first kappa shape index (κ1) is 28.7. The number of urea groups is 1. The van der Waals surface area contributed by atoms with Gasteiger partial charge in [0, 0.05) is 17.8 Å². The molecule has 0 saturated carbocycles. The number of carbonyl (C=O) groups is 3. The van der Waals surface area contributed by atoms with Crippen molar-refractivity contribution in [3.8, 4) is 11.1 Å². The van der Waals surface area contributed by atoms with Gasteiger partial charge in [-0.05, 0) is 67.6 Å². The number of para-hydroxylation sites is 1. The number of carbonyl (C=O) groups excluding carboxylic acids is 3. The third-order valence-corrected chi connectivity index (χ3v) is 6.67. The Balaban J connectivity index is 1.59. The quantitative estimate of drug-likeness (QED) is 0.295. The first-order valence-electron chi connectivity index (χ1n) is 13.1. The summed E-state index contributed by atoms with van der Waals surface area (Å²) in [5, 5.41) is 17.1. The molecule has 0 fully saturated rings. The van der Waals surface area contributed by atoms with Crippen molar-refractivity contribution in [2.24, 2.45) is 5.73 Å². The SMILES string of the molecule is CC(C)(N)C(=O)N[C@@H]1CCc2cc(F)ccc2N(Cc2ccc(-c3ccccc3NC(=O)NCCO)cc2)C1=O. The van der Waals surface area contributed by atoms with Gasteiger partial charge >= 0.3 is 6.03 Å². The maximum absolute atomic E-state index is 14.1. The predicted octanol–water partition coefficient (Wildman–Crippen LogP) is 3.31. The van der Waals surface area contributed by atoms with Gasteiger partial charge in [0.05, 0.1) is 24.4 Å². The van der Waals surface area contributed by atoms with Gasteiger partial charge in [0.1, 0.15) is 11.9 Å². The van der Waals surface area contributed by atoms with Crippen LogP contribution in [0.15, 0.2) is 66.7 Å². The van der Waals surface area contributed by atoms with Gasteiger partial charge < -0.3 is 31.7 Å². The third kappa shape index (κ3) is 6.83. The highest BCUT2D eigenvalue weighted by atomic mass is 19.1. The van der Waals surface area contributed by atoms with Crippen molar-refractivity contribution in [2.75, 3.05) is 23.4 Å². The summed E-state index contributed by atoms with van der Waals surface area (Å²) in [6, 6.07) is 18.0. The second kappa shape index (κ2) is 12.3. The molecular weight excluding hydrogens is 513 g/mol. The van der Waals surface area contributed by atoms with E-state index in [1.54, 1.807) is 30.9 Å². The molecule has 3 aromatic rings. The Morgan fingerprint density at radius 1 is 1.10 bits per heavy atom. The van der Waals surface area contributed by atoms with Crippen LogP contribution in [-0.2, 0) is 22.6 Å². The van der Waals surface area contributed by atoms with Crippen LogP contribution in [0.25, 0.3) is 11.1 Å². The second-order valence-corrected chi connectivity index (χ2v) is 10.3. The van der Waals surface area contributed by atoms with Crippen molar-refractivity contribution in [3.63, 3.8) is 0 Å². The van der Waals surface area contributed by atoms with Crippen LogP contribution in [0.4, 0.5) is 20.6 Å². The number of halogens is 1. The lowest BCUT2D eigenvalue weighted by molar-refractivity contribution is -0.130. The number of nitrogens with one attached hydrogen (secondary N) is 3. The van der Waals surface area contributed by atoms with Gasteiger partial charge in [0.15, 0.2) is 0 Å². The van der Waals surface area contributed by atoms with Crippen LogP contribution in [0.3, 0.4) is 0 Å². The van der Waals surface area contributed by atoms with E-state index in [0.29, 0.717) is 29.8 Å².